The van der Waals surface area contributed by atoms with Crippen molar-refractivity contribution >= 4 is 11.9 Å². The molecule has 0 fully saturated rings. The summed E-state index contributed by atoms with van der Waals surface area (Å²) in [5.41, 5.74) is 0. The van der Waals surface area contributed by atoms with Crippen molar-refractivity contribution in [3.05, 3.63) is 0 Å². The van der Waals surface area contributed by atoms with Crippen LogP contribution in [0.3, 0.4) is 0 Å². The predicted octanol–water partition coefficient (Wildman–Crippen LogP) is 4.03. The number of esters is 2. The molecule has 0 heterocycles. The summed E-state index contributed by atoms with van der Waals surface area (Å²) < 4.78 is 15.1. The Morgan fingerprint density at radius 1 is 0.652 bits per heavy atom. The van der Waals surface area contributed by atoms with Crippen molar-refractivity contribution in [3.8, 4) is 0 Å². The van der Waals surface area contributed by atoms with Gasteiger partial charge in [0.05, 0.1) is 26.1 Å². The number of carbonyl (C=O) groups is 2. The summed E-state index contributed by atoms with van der Waals surface area (Å²) in [6.07, 6.45) is 9.85. The van der Waals surface area contributed by atoms with Crippen LogP contribution in [-0.4, -0.2) is 38.4 Å². The summed E-state index contributed by atoms with van der Waals surface area (Å²) in [5, 5.41) is 0. The highest BCUT2D eigenvalue weighted by Gasteiger charge is 2.08. The Balaban J connectivity index is 3.31. The van der Waals surface area contributed by atoms with Crippen molar-refractivity contribution < 1.29 is 23.8 Å². The van der Waals surface area contributed by atoms with Crippen LogP contribution >= 0.6 is 0 Å². The first-order chi connectivity index (χ1) is 11.2. The second-order valence-electron chi connectivity index (χ2n) is 5.61. The molecule has 0 saturated heterocycles. The predicted molar refractivity (Wildman–Crippen MR) is 90.3 cm³/mol. The summed E-state index contributed by atoms with van der Waals surface area (Å²) in [5.74, 6) is -0.705. The fraction of sp³-hybridized carbons (Fsp3) is 0.889. The van der Waals surface area contributed by atoms with Gasteiger partial charge in [0.25, 0.3) is 0 Å². The van der Waals surface area contributed by atoms with Crippen LogP contribution in [-0.2, 0) is 23.8 Å². The van der Waals surface area contributed by atoms with E-state index in [0.29, 0.717) is 19.8 Å². The molecule has 0 rings (SSSR count). The van der Waals surface area contributed by atoms with Gasteiger partial charge in [-0.05, 0) is 13.3 Å². The Hall–Kier alpha value is -1.10. The molecule has 0 atom stereocenters. The lowest BCUT2D eigenvalue weighted by molar-refractivity contribution is -0.151. The molecule has 0 aliphatic carbocycles. The maximum absolute atomic E-state index is 11.5. The third-order valence-corrected chi connectivity index (χ3v) is 3.49. The zero-order valence-electron chi connectivity index (χ0n) is 14.9. The van der Waals surface area contributed by atoms with Crippen molar-refractivity contribution in [2.45, 2.75) is 78.1 Å². The van der Waals surface area contributed by atoms with E-state index in [1.165, 1.54) is 38.5 Å². The molecule has 0 unspecified atom stereocenters. The van der Waals surface area contributed by atoms with Gasteiger partial charge in [-0.1, -0.05) is 51.9 Å². The lowest BCUT2D eigenvalue weighted by Gasteiger charge is -2.06. The lowest BCUT2D eigenvalue weighted by Crippen LogP contribution is -2.13. The van der Waals surface area contributed by atoms with Gasteiger partial charge >= 0.3 is 11.9 Å². The summed E-state index contributed by atoms with van der Waals surface area (Å²) >= 11 is 0. The molecule has 0 aliphatic rings. The van der Waals surface area contributed by atoms with E-state index in [1.807, 2.05) is 6.92 Å². The summed E-state index contributed by atoms with van der Waals surface area (Å²) in [7, 11) is 0. The Morgan fingerprint density at radius 2 is 1.17 bits per heavy atom. The maximum Gasteiger partial charge on any atom is 0.306 e. The van der Waals surface area contributed by atoms with Gasteiger partial charge in [-0.25, -0.2) is 0 Å². The van der Waals surface area contributed by atoms with Crippen LogP contribution in [0.4, 0.5) is 0 Å². The Labute approximate surface area is 141 Å². The van der Waals surface area contributed by atoms with Gasteiger partial charge in [-0.3, -0.25) is 9.59 Å². The van der Waals surface area contributed by atoms with Gasteiger partial charge in [-0.2, -0.15) is 0 Å². The maximum atomic E-state index is 11.5. The van der Waals surface area contributed by atoms with Crippen LogP contribution in [0.1, 0.15) is 78.1 Å². The fourth-order valence-electron chi connectivity index (χ4n) is 2.13. The third kappa shape index (κ3) is 17.1. The van der Waals surface area contributed by atoms with Gasteiger partial charge in [0, 0.05) is 6.61 Å². The quantitative estimate of drug-likeness (QED) is 0.316. The highest BCUT2D eigenvalue weighted by molar-refractivity contribution is 5.77. The molecule has 136 valence electrons. The normalized spacial score (nSPS) is 10.5. The SMILES string of the molecule is CCCCCCCCCCOC(=O)CCC(=O)OCCOCC. The van der Waals surface area contributed by atoms with E-state index < -0.39 is 0 Å². The molecule has 0 amide bonds. The number of unbranched alkanes of at least 4 members (excludes halogenated alkanes) is 7. The van der Waals surface area contributed by atoms with Crippen LogP contribution in [0.2, 0.25) is 0 Å². The van der Waals surface area contributed by atoms with Crippen LogP contribution in [0.15, 0.2) is 0 Å². The van der Waals surface area contributed by atoms with E-state index in [2.05, 4.69) is 6.92 Å². The Kier molecular flexibility index (Phi) is 16.4. The number of ether oxygens (including phenoxy) is 3. The van der Waals surface area contributed by atoms with E-state index in [4.69, 9.17) is 14.2 Å². The third-order valence-electron chi connectivity index (χ3n) is 3.49. The van der Waals surface area contributed by atoms with Crippen molar-refractivity contribution in [2.75, 3.05) is 26.4 Å². The largest absolute Gasteiger partial charge is 0.466 e. The van der Waals surface area contributed by atoms with Crippen LogP contribution in [0.25, 0.3) is 0 Å². The first-order valence-electron chi connectivity index (χ1n) is 9.09. The van der Waals surface area contributed by atoms with Gasteiger partial charge < -0.3 is 14.2 Å². The molecule has 5 heteroatoms. The fourth-order valence-corrected chi connectivity index (χ4v) is 2.13. The zero-order valence-corrected chi connectivity index (χ0v) is 14.9. The number of hydrogen-bond acceptors (Lipinski definition) is 5. The van der Waals surface area contributed by atoms with Crippen LogP contribution in [0, 0.1) is 0 Å². The van der Waals surface area contributed by atoms with E-state index >= 15 is 0 Å². The van der Waals surface area contributed by atoms with Crippen molar-refractivity contribution in [1.29, 1.82) is 0 Å². The monoisotopic (exact) mass is 330 g/mol. The summed E-state index contributed by atoms with van der Waals surface area (Å²) in [4.78, 5) is 22.8. The molecule has 0 aromatic rings. The molecule has 5 nitrogen and oxygen atoms in total. The van der Waals surface area contributed by atoms with Crippen LogP contribution in [0.5, 0.6) is 0 Å². The van der Waals surface area contributed by atoms with Gasteiger partial charge in [-0.15, -0.1) is 0 Å². The molecule has 0 aromatic heterocycles. The summed E-state index contributed by atoms with van der Waals surface area (Å²) in [6.45, 7) is 5.78. The first-order valence-corrected chi connectivity index (χ1v) is 9.09. The number of hydrogen-bond donors (Lipinski definition) is 0. The molecule has 0 saturated carbocycles. The minimum absolute atomic E-state index is 0.0718. The Morgan fingerprint density at radius 3 is 1.74 bits per heavy atom. The van der Waals surface area contributed by atoms with E-state index in [-0.39, 0.29) is 31.4 Å². The van der Waals surface area contributed by atoms with Crippen molar-refractivity contribution in [1.82, 2.24) is 0 Å². The van der Waals surface area contributed by atoms with Gasteiger partial charge in [0.1, 0.15) is 6.61 Å². The second-order valence-corrected chi connectivity index (χ2v) is 5.61. The molecule has 0 radical (unpaired) electrons. The smallest absolute Gasteiger partial charge is 0.306 e. The topological polar surface area (TPSA) is 61.8 Å². The zero-order chi connectivity index (χ0) is 17.2. The van der Waals surface area contributed by atoms with Gasteiger partial charge in [0.15, 0.2) is 0 Å². The Bertz CT molecular complexity index is 291. The summed E-state index contributed by atoms with van der Waals surface area (Å²) in [6, 6.07) is 0. The molecule has 0 aliphatic heterocycles. The minimum Gasteiger partial charge on any atom is -0.466 e. The van der Waals surface area contributed by atoms with Gasteiger partial charge in [0.2, 0.25) is 0 Å². The van der Waals surface area contributed by atoms with E-state index in [9.17, 15) is 9.59 Å². The standard InChI is InChI=1S/C18H34O5/c1-3-5-6-7-8-9-10-11-14-22-17(19)12-13-18(20)23-16-15-21-4-2/h3-16H2,1-2H3. The lowest BCUT2D eigenvalue weighted by atomic mass is 10.1. The first kappa shape index (κ1) is 21.9. The molecule has 0 bridgehead atoms. The van der Waals surface area contributed by atoms with E-state index in [0.717, 1.165) is 12.8 Å². The average Bonchev–Trinajstić information content (AvgIpc) is 2.55. The molecule has 23 heavy (non-hydrogen) atoms. The molecule has 0 N–H and O–H groups in total. The van der Waals surface area contributed by atoms with Crippen LogP contribution < -0.4 is 0 Å². The molecular weight excluding hydrogens is 296 g/mol. The van der Waals surface area contributed by atoms with E-state index in [1.54, 1.807) is 0 Å². The highest BCUT2D eigenvalue weighted by atomic mass is 16.6. The molecule has 0 aromatic carbocycles. The highest BCUT2D eigenvalue weighted by Crippen LogP contribution is 2.08. The molecule has 0 spiro atoms. The van der Waals surface area contributed by atoms with Crippen molar-refractivity contribution in [2.24, 2.45) is 0 Å². The molecular formula is C18H34O5. The number of carbonyl (C=O) groups excluding carboxylic acids is 2. The number of rotatable bonds is 16. The minimum atomic E-state index is -0.381. The second kappa shape index (κ2) is 17.3. The average molecular weight is 330 g/mol. The van der Waals surface area contributed by atoms with Crippen molar-refractivity contribution in [3.63, 3.8) is 0 Å².